The molecule has 244 valence electrons. The largest absolute Gasteiger partial charge is 0.416 e. The third kappa shape index (κ3) is 11.8. The standard InChI is InChI=1S/C32H46F3N5O4/c1-7-9-28(41)27(19-40(21(5)6)18-23-12-10-22(8-2)11-13-23)38-29(42)17-36-30(43)25-16-24(32(33,34)35)14-15-26(25)39-31(44)37-20(3)4/h10-16,20-21,27-28,41H,7-9,17-19H2,1-6H3,(H,36,43)(H,38,42)(H2,37,39,44)/t27-,28-/m0/s1. The van der Waals surface area contributed by atoms with Crippen molar-refractivity contribution >= 4 is 23.5 Å². The predicted octanol–water partition coefficient (Wildman–Crippen LogP) is 5.08. The number of aliphatic hydroxyl groups excluding tert-OH is 1. The van der Waals surface area contributed by atoms with Crippen LogP contribution < -0.4 is 21.3 Å². The molecule has 0 radical (unpaired) electrons. The Balaban J connectivity index is 2.17. The summed E-state index contributed by atoms with van der Waals surface area (Å²) in [6, 6.07) is 9.11. The molecule has 0 saturated heterocycles. The van der Waals surface area contributed by atoms with Crippen LogP contribution in [0.5, 0.6) is 0 Å². The van der Waals surface area contributed by atoms with E-state index in [4.69, 9.17) is 0 Å². The van der Waals surface area contributed by atoms with Gasteiger partial charge in [-0.05, 0) is 69.9 Å². The summed E-state index contributed by atoms with van der Waals surface area (Å²) in [6.07, 6.45) is -3.54. The van der Waals surface area contributed by atoms with E-state index in [1.54, 1.807) is 13.8 Å². The average molecular weight is 622 g/mol. The Morgan fingerprint density at radius 2 is 1.57 bits per heavy atom. The molecule has 0 aliphatic heterocycles. The monoisotopic (exact) mass is 621 g/mol. The molecule has 0 aromatic heterocycles. The van der Waals surface area contributed by atoms with Gasteiger partial charge in [-0.15, -0.1) is 0 Å². The van der Waals surface area contributed by atoms with Crippen molar-refractivity contribution in [2.75, 3.05) is 18.4 Å². The van der Waals surface area contributed by atoms with Crippen LogP contribution in [0.2, 0.25) is 0 Å². The lowest BCUT2D eigenvalue weighted by Crippen LogP contribution is -2.53. The molecule has 0 unspecified atom stereocenters. The lowest BCUT2D eigenvalue weighted by atomic mass is 10.0. The van der Waals surface area contributed by atoms with Gasteiger partial charge in [-0.3, -0.25) is 14.5 Å². The first-order chi connectivity index (χ1) is 20.6. The normalized spacial score (nSPS) is 13.1. The van der Waals surface area contributed by atoms with Crippen LogP contribution in [0, 0.1) is 0 Å². The minimum atomic E-state index is -4.73. The number of amides is 4. The van der Waals surface area contributed by atoms with Gasteiger partial charge in [-0.2, -0.15) is 13.2 Å². The van der Waals surface area contributed by atoms with E-state index < -0.39 is 53.8 Å². The highest BCUT2D eigenvalue weighted by Gasteiger charge is 2.32. The highest BCUT2D eigenvalue weighted by molar-refractivity contribution is 6.04. The molecule has 2 rings (SSSR count). The number of carbonyl (C=O) groups excluding carboxylic acids is 3. The van der Waals surface area contributed by atoms with E-state index in [-0.39, 0.29) is 17.8 Å². The number of hydrogen-bond acceptors (Lipinski definition) is 5. The van der Waals surface area contributed by atoms with Gasteiger partial charge in [0.2, 0.25) is 5.91 Å². The van der Waals surface area contributed by atoms with Crippen molar-refractivity contribution in [3.63, 3.8) is 0 Å². The van der Waals surface area contributed by atoms with Crippen LogP contribution in [0.1, 0.15) is 81.4 Å². The van der Waals surface area contributed by atoms with Crippen molar-refractivity contribution < 1.29 is 32.7 Å². The van der Waals surface area contributed by atoms with Crippen LogP contribution in [0.15, 0.2) is 42.5 Å². The topological polar surface area (TPSA) is 123 Å². The number of hydrogen-bond donors (Lipinski definition) is 5. The van der Waals surface area contributed by atoms with E-state index in [1.807, 2.05) is 20.8 Å². The molecule has 44 heavy (non-hydrogen) atoms. The molecule has 9 nitrogen and oxygen atoms in total. The fourth-order valence-corrected chi connectivity index (χ4v) is 4.54. The van der Waals surface area contributed by atoms with Crippen molar-refractivity contribution in [3.8, 4) is 0 Å². The number of nitrogens with one attached hydrogen (secondary N) is 4. The molecule has 0 bridgehead atoms. The summed E-state index contributed by atoms with van der Waals surface area (Å²) in [7, 11) is 0. The fraction of sp³-hybridized carbons (Fsp3) is 0.531. The van der Waals surface area contributed by atoms with Gasteiger partial charge >= 0.3 is 12.2 Å². The maximum absolute atomic E-state index is 13.4. The number of nitrogens with zero attached hydrogens (tertiary/aromatic N) is 1. The molecule has 5 N–H and O–H groups in total. The zero-order valence-corrected chi connectivity index (χ0v) is 26.3. The molecule has 12 heteroatoms. The Hall–Kier alpha value is -3.64. The number of halogens is 3. The Morgan fingerprint density at radius 1 is 0.932 bits per heavy atom. The zero-order chi connectivity index (χ0) is 33.0. The molecule has 0 heterocycles. The Kier molecular flexibility index (Phi) is 14.1. The first-order valence-corrected chi connectivity index (χ1v) is 15.0. The number of benzene rings is 2. The number of aryl methyl sites for hydroxylation is 1. The van der Waals surface area contributed by atoms with Gasteiger partial charge in [0.1, 0.15) is 0 Å². The summed E-state index contributed by atoms with van der Waals surface area (Å²) in [4.78, 5) is 40.3. The lowest BCUT2D eigenvalue weighted by Gasteiger charge is -2.33. The second kappa shape index (κ2) is 17.0. The zero-order valence-electron chi connectivity index (χ0n) is 26.3. The smallest absolute Gasteiger partial charge is 0.391 e. The minimum Gasteiger partial charge on any atom is -0.391 e. The van der Waals surface area contributed by atoms with Crippen LogP contribution in [-0.2, 0) is 23.9 Å². The Bertz CT molecular complexity index is 1240. The summed E-state index contributed by atoms with van der Waals surface area (Å²) in [5.41, 5.74) is 0.634. The fourth-order valence-electron chi connectivity index (χ4n) is 4.54. The SMILES string of the molecule is CCC[C@H](O)[C@H](CN(Cc1ccc(CC)cc1)C(C)C)NC(=O)CNC(=O)c1cc(C(F)(F)F)ccc1NC(=O)NC(C)C. The second-order valence-electron chi connectivity index (χ2n) is 11.4. The molecular formula is C32H46F3N5O4. The Morgan fingerprint density at radius 3 is 2.11 bits per heavy atom. The predicted molar refractivity (Wildman–Crippen MR) is 165 cm³/mol. The number of alkyl halides is 3. The summed E-state index contributed by atoms with van der Waals surface area (Å²) < 4.78 is 40.2. The van der Waals surface area contributed by atoms with Crippen molar-refractivity contribution in [2.45, 2.75) is 97.8 Å². The molecule has 0 aliphatic rings. The minimum absolute atomic E-state index is 0.0912. The highest BCUT2D eigenvalue weighted by atomic mass is 19.4. The maximum atomic E-state index is 13.4. The molecular weight excluding hydrogens is 575 g/mol. The first-order valence-electron chi connectivity index (χ1n) is 15.0. The third-order valence-corrected chi connectivity index (χ3v) is 7.04. The Labute approximate surface area is 258 Å². The summed E-state index contributed by atoms with van der Waals surface area (Å²) >= 11 is 0. The van der Waals surface area contributed by atoms with Crippen LogP contribution in [0.25, 0.3) is 0 Å². The van der Waals surface area contributed by atoms with Crippen molar-refractivity contribution in [3.05, 3.63) is 64.7 Å². The molecule has 2 atom stereocenters. The second-order valence-corrected chi connectivity index (χ2v) is 11.4. The molecule has 0 fully saturated rings. The van der Waals surface area contributed by atoms with Crippen LogP contribution in [-0.4, -0.2) is 65.2 Å². The summed E-state index contributed by atoms with van der Waals surface area (Å²) in [5.74, 6) is -1.59. The number of rotatable bonds is 15. The third-order valence-electron chi connectivity index (χ3n) is 7.04. The van der Waals surface area contributed by atoms with E-state index in [2.05, 4.69) is 57.4 Å². The van der Waals surface area contributed by atoms with Gasteiger partial charge in [0.15, 0.2) is 0 Å². The molecule has 2 aromatic carbocycles. The van der Waals surface area contributed by atoms with Gasteiger partial charge in [-0.25, -0.2) is 4.79 Å². The van der Waals surface area contributed by atoms with E-state index >= 15 is 0 Å². The van der Waals surface area contributed by atoms with Gasteiger partial charge < -0.3 is 26.4 Å². The molecule has 2 aromatic rings. The van der Waals surface area contributed by atoms with Gasteiger partial charge in [0.05, 0.1) is 35.5 Å². The number of urea groups is 1. The number of carbonyl (C=O) groups is 3. The van der Waals surface area contributed by atoms with Gasteiger partial charge in [0, 0.05) is 25.2 Å². The lowest BCUT2D eigenvalue weighted by molar-refractivity contribution is -0.137. The van der Waals surface area contributed by atoms with E-state index in [1.165, 1.54) is 5.56 Å². The number of aliphatic hydroxyl groups is 1. The van der Waals surface area contributed by atoms with E-state index in [0.29, 0.717) is 32.0 Å². The maximum Gasteiger partial charge on any atom is 0.416 e. The van der Waals surface area contributed by atoms with Crippen LogP contribution in [0.4, 0.5) is 23.7 Å². The van der Waals surface area contributed by atoms with Crippen molar-refractivity contribution in [1.82, 2.24) is 20.9 Å². The first kappa shape index (κ1) is 36.6. The van der Waals surface area contributed by atoms with Crippen LogP contribution >= 0.6 is 0 Å². The molecule has 4 amide bonds. The van der Waals surface area contributed by atoms with Gasteiger partial charge in [0.25, 0.3) is 5.91 Å². The van der Waals surface area contributed by atoms with Gasteiger partial charge in [-0.1, -0.05) is 44.5 Å². The number of anilines is 1. The van der Waals surface area contributed by atoms with Crippen molar-refractivity contribution in [2.24, 2.45) is 0 Å². The summed E-state index contributed by atoms with van der Waals surface area (Å²) in [6.45, 7) is 11.8. The average Bonchev–Trinajstić information content (AvgIpc) is 2.94. The van der Waals surface area contributed by atoms with E-state index in [0.717, 1.165) is 24.1 Å². The van der Waals surface area contributed by atoms with E-state index in [9.17, 15) is 32.7 Å². The molecule has 0 aliphatic carbocycles. The quantitative estimate of drug-likeness (QED) is 0.190. The summed E-state index contributed by atoms with van der Waals surface area (Å²) in [5, 5.41) is 21.0. The molecule has 0 saturated carbocycles. The molecule has 0 spiro atoms. The van der Waals surface area contributed by atoms with Crippen LogP contribution in [0.3, 0.4) is 0 Å². The highest BCUT2D eigenvalue weighted by Crippen LogP contribution is 2.32. The van der Waals surface area contributed by atoms with Crippen molar-refractivity contribution in [1.29, 1.82) is 0 Å².